The van der Waals surface area contributed by atoms with Gasteiger partial charge in [-0.25, -0.2) is 13.8 Å². The number of pyridine rings is 1. The minimum Gasteiger partial charge on any atom is -0.364 e. The number of hydrogen-bond donors (Lipinski definition) is 1. The van der Waals surface area contributed by atoms with Crippen molar-refractivity contribution in [2.75, 3.05) is 0 Å². The molecular formula is C7H4ClF2IN2O. The lowest BCUT2D eigenvalue weighted by molar-refractivity contribution is 0.0993. The first-order valence-electron chi connectivity index (χ1n) is 3.37. The van der Waals surface area contributed by atoms with Gasteiger partial charge in [-0.2, -0.15) is 0 Å². The Labute approximate surface area is 96.8 Å². The molecule has 1 heterocycles. The summed E-state index contributed by atoms with van der Waals surface area (Å²) in [4.78, 5) is 14.4. The minimum atomic E-state index is -2.71. The number of rotatable bonds is 2. The Morgan fingerprint density at radius 2 is 2.21 bits per heavy atom. The normalized spacial score (nSPS) is 10.6. The van der Waals surface area contributed by atoms with E-state index >= 15 is 0 Å². The van der Waals surface area contributed by atoms with Crippen molar-refractivity contribution in [3.8, 4) is 0 Å². The molecule has 0 aliphatic carbocycles. The van der Waals surface area contributed by atoms with Gasteiger partial charge >= 0.3 is 0 Å². The monoisotopic (exact) mass is 332 g/mol. The van der Waals surface area contributed by atoms with Gasteiger partial charge in [-0.1, -0.05) is 11.6 Å². The zero-order chi connectivity index (χ0) is 10.9. The molecule has 1 aromatic heterocycles. The van der Waals surface area contributed by atoms with E-state index in [1.807, 2.05) is 0 Å². The zero-order valence-corrected chi connectivity index (χ0v) is 9.51. The summed E-state index contributed by atoms with van der Waals surface area (Å²) in [7, 11) is 0. The third-order valence-corrected chi connectivity index (χ3v) is 2.75. The van der Waals surface area contributed by atoms with Gasteiger partial charge in [0.05, 0.1) is 3.57 Å². The molecule has 0 fully saturated rings. The molecule has 1 aromatic rings. The predicted molar refractivity (Wildman–Crippen MR) is 55.4 cm³/mol. The van der Waals surface area contributed by atoms with E-state index in [1.165, 1.54) is 0 Å². The van der Waals surface area contributed by atoms with Crippen LogP contribution in [0.4, 0.5) is 8.78 Å². The first-order valence-corrected chi connectivity index (χ1v) is 4.83. The number of carbonyl (C=O) groups excluding carboxylic acids is 1. The van der Waals surface area contributed by atoms with Crippen molar-refractivity contribution < 1.29 is 13.6 Å². The van der Waals surface area contributed by atoms with Crippen molar-refractivity contribution in [2.45, 2.75) is 6.43 Å². The summed E-state index contributed by atoms with van der Waals surface area (Å²) in [5.41, 5.74) is 4.38. The lowest BCUT2D eigenvalue weighted by atomic mass is 10.2. The van der Waals surface area contributed by atoms with Crippen LogP contribution in [0.25, 0.3) is 0 Å². The van der Waals surface area contributed by atoms with Crippen LogP contribution < -0.4 is 5.73 Å². The van der Waals surface area contributed by atoms with Crippen LogP contribution in [-0.2, 0) is 0 Å². The number of nitrogens with two attached hydrogens (primary N) is 1. The van der Waals surface area contributed by atoms with Gasteiger partial charge in [0.2, 0.25) is 0 Å². The maximum absolute atomic E-state index is 12.4. The Morgan fingerprint density at radius 3 is 2.64 bits per heavy atom. The maximum Gasteiger partial charge on any atom is 0.268 e. The van der Waals surface area contributed by atoms with Gasteiger partial charge in [0.25, 0.3) is 12.3 Å². The molecular weight excluding hydrogens is 328 g/mol. The third-order valence-electron chi connectivity index (χ3n) is 1.42. The predicted octanol–water partition coefficient (Wildman–Crippen LogP) is 2.38. The first kappa shape index (κ1) is 11.6. The highest BCUT2D eigenvalue weighted by molar-refractivity contribution is 14.1. The van der Waals surface area contributed by atoms with Gasteiger partial charge in [0.15, 0.2) is 0 Å². The number of hydrogen-bond acceptors (Lipinski definition) is 2. The molecule has 0 radical (unpaired) electrons. The second kappa shape index (κ2) is 4.35. The Kier molecular flexibility index (Phi) is 3.59. The van der Waals surface area contributed by atoms with E-state index < -0.39 is 12.3 Å². The van der Waals surface area contributed by atoms with Crippen LogP contribution in [0.3, 0.4) is 0 Å². The summed E-state index contributed by atoms with van der Waals surface area (Å²) in [5, 5.41) is -0.172. The molecule has 0 bridgehead atoms. The molecule has 7 heteroatoms. The van der Waals surface area contributed by atoms with Gasteiger partial charge in [-0.3, -0.25) is 4.79 Å². The van der Waals surface area contributed by atoms with Gasteiger partial charge in [0.1, 0.15) is 10.8 Å². The fraction of sp³-hybridized carbons (Fsp3) is 0.143. The summed E-state index contributed by atoms with van der Waals surface area (Å²) in [6.45, 7) is 0. The van der Waals surface area contributed by atoms with E-state index in [9.17, 15) is 13.6 Å². The Balaban J connectivity index is 3.40. The van der Waals surface area contributed by atoms with Crippen molar-refractivity contribution in [3.05, 3.63) is 26.0 Å². The topological polar surface area (TPSA) is 56.0 Å². The summed E-state index contributed by atoms with van der Waals surface area (Å²) < 4.78 is 24.9. The minimum absolute atomic E-state index is 0.0366. The molecule has 0 atom stereocenters. The van der Waals surface area contributed by atoms with Gasteiger partial charge in [-0.05, 0) is 28.7 Å². The van der Waals surface area contributed by atoms with E-state index in [4.69, 9.17) is 17.3 Å². The van der Waals surface area contributed by atoms with Gasteiger partial charge in [0, 0.05) is 5.56 Å². The van der Waals surface area contributed by atoms with Crippen LogP contribution in [0, 0.1) is 3.57 Å². The summed E-state index contributed by atoms with van der Waals surface area (Å²) in [6, 6.07) is 1.01. The van der Waals surface area contributed by atoms with Gasteiger partial charge < -0.3 is 5.73 Å². The zero-order valence-electron chi connectivity index (χ0n) is 6.60. The van der Waals surface area contributed by atoms with Crippen LogP contribution in [0.15, 0.2) is 6.07 Å². The molecule has 14 heavy (non-hydrogen) atoms. The van der Waals surface area contributed by atoms with Crippen molar-refractivity contribution >= 4 is 40.1 Å². The van der Waals surface area contributed by atoms with E-state index in [0.717, 1.165) is 6.07 Å². The molecule has 0 spiro atoms. The smallest absolute Gasteiger partial charge is 0.268 e. The fourth-order valence-corrected chi connectivity index (χ4v) is 1.82. The highest BCUT2D eigenvalue weighted by Crippen LogP contribution is 2.28. The first-order chi connectivity index (χ1) is 6.43. The fourth-order valence-electron chi connectivity index (χ4n) is 0.839. The molecule has 0 saturated carbocycles. The van der Waals surface area contributed by atoms with Crippen molar-refractivity contribution in [1.82, 2.24) is 4.98 Å². The highest BCUT2D eigenvalue weighted by atomic mass is 127. The molecule has 0 saturated heterocycles. The van der Waals surface area contributed by atoms with E-state index in [2.05, 4.69) is 4.98 Å². The second-order valence-electron chi connectivity index (χ2n) is 2.36. The largest absolute Gasteiger partial charge is 0.364 e. The van der Waals surface area contributed by atoms with Crippen LogP contribution in [0.2, 0.25) is 5.15 Å². The number of carbonyl (C=O) groups is 1. The Hall–Kier alpha value is -0.500. The molecule has 76 valence electrons. The molecule has 0 aliphatic rings. The van der Waals surface area contributed by atoms with Crippen molar-refractivity contribution in [1.29, 1.82) is 0 Å². The van der Waals surface area contributed by atoms with Gasteiger partial charge in [-0.15, -0.1) is 0 Å². The number of primary amides is 1. The van der Waals surface area contributed by atoms with Crippen LogP contribution in [0.5, 0.6) is 0 Å². The highest BCUT2D eigenvalue weighted by Gasteiger charge is 2.19. The average molecular weight is 332 g/mol. The number of aromatic nitrogens is 1. The molecule has 1 rings (SSSR count). The van der Waals surface area contributed by atoms with Crippen LogP contribution in [-0.4, -0.2) is 10.9 Å². The molecule has 0 aliphatic heterocycles. The van der Waals surface area contributed by atoms with E-state index in [0.29, 0.717) is 0 Å². The van der Waals surface area contributed by atoms with Crippen molar-refractivity contribution in [3.63, 3.8) is 0 Å². The van der Waals surface area contributed by atoms with E-state index in [-0.39, 0.29) is 20.0 Å². The number of nitrogens with zero attached hydrogens (tertiary/aromatic N) is 1. The lowest BCUT2D eigenvalue weighted by Gasteiger charge is -2.06. The quantitative estimate of drug-likeness (QED) is 0.668. The third kappa shape index (κ3) is 2.30. The number of alkyl halides is 2. The molecule has 3 nitrogen and oxygen atoms in total. The summed E-state index contributed by atoms with van der Waals surface area (Å²) >= 11 is 7.04. The Bertz CT molecular complexity index is 386. The van der Waals surface area contributed by atoms with Crippen molar-refractivity contribution in [2.24, 2.45) is 5.73 Å². The maximum atomic E-state index is 12.4. The summed E-state index contributed by atoms with van der Waals surface area (Å²) in [5.74, 6) is -0.876. The summed E-state index contributed by atoms with van der Waals surface area (Å²) in [6.07, 6.45) is -2.71. The molecule has 1 amide bonds. The average Bonchev–Trinajstić information content (AvgIpc) is 2.07. The lowest BCUT2D eigenvalue weighted by Crippen LogP contribution is -2.16. The Morgan fingerprint density at radius 1 is 1.64 bits per heavy atom. The van der Waals surface area contributed by atoms with Crippen LogP contribution >= 0.6 is 34.2 Å². The molecule has 0 aromatic carbocycles. The SMILES string of the molecule is NC(=O)c1nc(Cl)cc(C(F)F)c1I. The number of amides is 1. The standard InChI is InChI=1S/C7H4ClF2IN2O/c8-3-1-2(6(9)10)4(11)5(13-3)7(12)14/h1,6H,(H2,12,14). The number of halogens is 4. The van der Waals surface area contributed by atoms with E-state index in [1.54, 1.807) is 22.6 Å². The van der Waals surface area contributed by atoms with Crippen LogP contribution in [0.1, 0.15) is 22.5 Å². The second-order valence-corrected chi connectivity index (χ2v) is 3.83. The molecule has 0 unspecified atom stereocenters. The molecule has 2 N–H and O–H groups in total.